The molecule has 0 aliphatic rings. The smallest absolute Gasteiger partial charge is 0.104 e. The van der Waals surface area contributed by atoms with Crippen LogP contribution in [0.15, 0.2) is 0 Å². The molecule has 0 rings (SSSR count). The Morgan fingerprint density at radius 1 is 1.00 bits per heavy atom. The summed E-state index contributed by atoms with van der Waals surface area (Å²) in [6, 6.07) is 0. The maximum atomic E-state index is 9.27. The Morgan fingerprint density at radius 2 is 1.47 bits per heavy atom. The molecule has 0 bridgehead atoms. The number of hydrogen-bond donors (Lipinski definition) is 4. The predicted molar refractivity (Wildman–Crippen MR) is 62.3 cm³/mol. The monoisotopic (exact) mass is 240 g/mol. The van der Waals surface area contributed by atoms with Crippen LogP contribution in [-0.2, 0) is 12.6 Å². The van der Waals surface area contributed by atoms with Crippen molar-refractivity contribution >= 4 is 12.6 Å². The third-order valence-corrected chi connectivity index (χ3v) is 2.36. The lowest BCUT2D eigenvalue weighted by molar-refractivity contribution is 0.0235. The van der Waals surface area contributed by atoms with Crippen molar-refractivity contribution in [2.24, 2.45) is 0 Å². The first-order valence-electron chi connectivity index (χ1n) is 5.08. The van der Waals surface area contributed by atoms with E-state index in [4.69, 9.17) is 10.2 Å². The van der Waals surface area contributed by atoms with E-state index in [1.807, 2.05) is 4.90 Å². The van der Waals surface area contributed by atoms with E-state index in [2.05, 4.69) is 12.6 Å². The Kier molecular flexibility index (Phi) is 9.48. The van der Waals surface area contributed by atoms with Gasteiger partial charge in [0.1, 0.15) is 5.75 Å². The highest BCUT2D eigenvalue weighted by Gasteiger charge is 2.14. The van der Waals surface area contributed by atoms with Crippen LogP contribution in [0.2, 0.25) is 0 Å². The second-order valence-electron chi connectivity index (χ2n) is 3.54. The van der Waals surface area contributed by atoms with Crippen LogP contribution in [0.4, 0.5) is 0 Å². The van der Waals surface area contributed by atoms with Gasteiger partial charge in [0.15, 0.2) is 0 Å². The van der Waals surface area contributed by atoms with Crippen LogP contribution in [-0.4, -0.2) is 76.1 Å². The number of aliphatic hydroxyl groups excluding tert-OH is 4. The van der Waals surface area contributed by atoms with Crippen LogP contribution in [0.5, 0.6) is 0 Å². The zero-order chi connectivity index (χ0) is 11.7. The highest BCUT2D eigenvalue weighted by atomic mass is 32.1. The SMILES string of the molecule is OCC(O)CN(CCC[SH2+])CC(O)CO. The fourth-order valence-electron chi connectivity index (χ4n) is 1.27. The predicted octanol–water partition coefficient (Wildman–Crippen LogP) is -2.60. The molecule has 0 spiro atoms. The molecule has 2 atom stereocenters. The Labute approximate surface area is 95.8 Å². The van der Waals surface area contributed by atoms with Gasteiger partial charge in [-0.15, -0.1) is 0 Å². The maximum Gasteiger partial charge on any atom is 0.104 e. The van der Waals surface area contributed by atoms with Crippen LogP contribution >= 0.6 is 0 Å². The minimum absolute atomic E-state index is 0.292. The largest absolute Gasteiger partial charge is 0.394 e. The molecule has 0 aromatic carbocycles. The van der Waals surface area contributed by atoms with E-state index in [0.29, 0.717) is 19.6 Å². The molecule has 0 aliphatic carbocycles. The van der Waals surface area contributed by atoms with E-state index in [1.165, 1.54) is 0 Å². The van der Waals surface area contributed by atoms with Gasteiger partial charge in [-0.1, -0.05) is 0 Å². The van der Waals surface area contributed by atoms with Gasteiger partial charge in [-0.05, 0) is 12.6 Å². The average Bonchev–Trinajstić information content (AvgIpc) is 2.25. The Morgan fingerprint density at radius 3 is 1.80 bits per heavy atom. The third-order valence-electron chi connectivity index (χ3n) is 2.01. The van der Waals surface area contributed by atoms with Gasteiger partial charge in [0.2, 0.25) is 0 Å². The van der Waals surface area contributed by atoms with Crippen molar-refractivity contribution < 1.29 is 20.4 Å². The molecule has 0 saturated heterocycles. The van der Waals surface area contributed by atoms with Gasteiger partial charge in [-0.2, -0.15) is 0 Å². The molecular weight excluding hydrogens is 218 g/mol. The van der Waals surface area contributed by atoms with Gasteiger partial charge in [0.25, 0.3) is 0 Å². The van der Waals surface area contributed by atoms with Crippen molar-refractivity contribution in [1.82, 2.24) is 4.90 Å². The summed E-state index contributed by atoms with van der Waals surface area (Å²) in [6.45, 7) is 0.733. The minimum atomic E-state index is -0.800. The lowest BCUT2D eigenvalue weighted by atomic mass is 10.2. The summed E-state index contributed by atoms with van der Waals surface area (Å²) < 4.78 is 0. The van der Waals surface area contributed by atoms with Crippen molar-refractivity contribution in [2.45, 2.75) is 18.6 Å². The molecule has 0 aliphatic heterocycles. The molecule has 0 fully saturated rings. The topological polar surface area (TPSA) is 84.2 Å². The second kappa shape index (κ2) is 9.38. The molecule has 0 saturated carbocycles. The highest BCUT2D eigenvalue weighted by molar-refractivity contribution is 7.58. The van der Waals surface area contributed by atoms with Gasteiger partial charge >= 0.3 is 0 Å². The van der Waals surface area contributed by atoms with E-state index in [0.717, 1.165) is 12.2 Å². The quantitative estimate of drug-likeness (QED) is 0.332. The summed E-state index contributed by atoms with van der Waals surface area (Å²) >= 11 is 3.34. The van der Waals surface area contributed by atoms with Crippen molar-refractivity contribution in [2.75, 3.05) is 38.6 Å². The minimum Gasteiger partial charge on any atom is -0.394 e. The first kappa shape index (κ1) is 15.2. The van der Waals surface area contributed by atoms with Gasteiger partial charge < -0.3 is 20.4 Å². The van der Waals surface area contributed by atoms with E-state index >= 15 is 0 Å². The third kappa shape index (κ3) is 8.01. The lowest BCUT2D eigenvalue weighted by Crippen LogP contribution is -2.40. The van der Waals surface area contributed by atoms with Crippen molar-refractivity contribution in [3.8, 4) is 0 Å². The fourth-order valence-corrected chi connectivity index (χ4v) is 1.43. The van der Waals surface area contributed by atoms with Gasteiger partial charge in [-0.3, -0.25) is 4.90 Å². The maximum absolute atomic E-state index is 9.27. The van der Waals surface area contributed by atoms with Crippen LogP contribution < -0.4 is 0 Å². The number of aliphatic hydroxyl groups is 4. The first-order valence-corrected chi connectivity index (χ1v) is 5.79. The van der Waals surface area contributed by atoms with E-state index in [1.54, 1.807) is 0 Å². The fraction of sp³-hybridized carbons (Fsp3) is 1.00. The molecule has 92 valence electrons. The molecule has 2 unspecified atom stereocenters. The molecular formula is C9H22NO4S+. The second-order valence-corrected chi connectivity index (χ2v) is 4.04. The van der Waals surface area contributed by atoms with Crippen LogP contribution in [0.25, 0.3) is 0 Å². The van der Waals surface area contributed by atoms with Gasteiger partial charge in [-0.25, -0.2) is 0 Å². The summed E-state index contributed by atoms with van der Waals surface area (Å²) in [4.78, 5) is 1.82. The lowest BCUT2D eigenvalue weighted by Gasteiger charge is -2.25. The average molecular weight is 240 g/mol. The Bertz CT molecular complexity index is 138. The van der Waals surface area contributed by atoms with Crippen LogP contribution in [0.1, 0.15) is 6.42 Å². The molecule has 15 heavy (non-hydrogen) atoms. The van der Waals surface area contributed by atoms with Crippen LogP contribution in [0, 0.1) is 0 Å². The molecule has 0 heterocycles. The molecule has 6 heteroatoms. The van der Waals surface area contributed by atoms with Gasteiger partial charge in [0, 0.05) is 26.1 Å². The van der Waals surface area contributed by atoms with Crippen LogP contribution in [0.3, 0.4) is 0 Å². The Balaban J connectivity index is 3.93. The van der Waals surface area contributed by atoms with E-state index in [-0.39, 0.29) is 13.2 Å². The zero-order valence-electron chi connectivity index (χ0n) is 8.84. The van der Waals surface area contributed by atoms with Crippen molar-refractivity contribution in [1.29, 1.82) is 0 Å². The molecule has 0 aromatic heterocycles. The standard InChI is InChI=1S/C9H21NO4S/c11-6-8(13)4-10(2-1-3-15)5-9(14)7-12/h8-9,11-15H,1-7H2/p+1. The molecule has 0 radical (unpaired) electrons. The summed E-state index contributed by atoms with van der Waals surface area (Å²) in [5.74, 6) is 0.834. The van der Waals surface area contributed by atoms with Crippen molar-refractivity contribution in [3.05, 3.63) is 0 Å². The normalized spacial score (nSPS) is 15.6. The van der Waals surface area contributed by atoms with Gasteiger partial charge in [0.05, 0.1) is 25.4 Å². The number of rotatable bonds is 9. The van der Waals surface area contributed by atoms with E-state index in [9.17, 15) is 10.2 Å². The first-order chi connectivity index (χ1) is 7.13. The Hall–Kier alpha value is 0.150. The highest BCUT2D eigenvalue weighted by Crippen LogP contribution is 1.97. The number of nitrogens with zero attached hydrogens (tertiary/aromatic N) is 1. The summed E-state index contributed by atoms with van der Waals surface area (Å²) in [7, 11) is 0. The van der Waals surface area contributed by atoms with E-state index < -0.39 is 12.2 Å². The summed E-state index contributed by atoms with van der Waals surface area (Å²) in [5.41, 5.74) is 0. The summed E-state index contributed by atoms with van der Waals surface area (Å²) in [5, 5.41) is 35.9. The molecule has 4 N–H and O–H groups in total. The molecule has 5 nitrogen and oxygen atoms in total. The molecule has 0 aromatic rings. The van der Waals surface area contributed by atoms with Crippen molar-refractivity contribution in [3.63, 3.8) is 0 Å². The zero-order valence-corrected chi connectivity index (χ0v) is 9.84. The molecule has 0 amide bonds. The number of hydrogen-bond acceptors (Lipinski definition) is 5. The summed E-state index contributed by atoms with van der Waals surface area (Å²) in [6.07, 6.45) is -0.719.